The maximum atomic E-state index is 13.1. The molecule has 0 aromatic heterocycles. The van der Waals surface area contributed by atoms with Gasteiger partial charge in [-0.15, -0.1) is 0 Å². The molecule has 0 N–H and O–H groups in total. The minimum atomic E-state index is -0.558. The van der Waals surface area contributed by atoms with Gasteiger partial charge < -0.3 is 4.74 Å². The third-order valence-electron chi connectivity index (χ3n) is 11.1. The van der Waals surface area contributed by atoms with E-state index in [2.05, 4.69) is 50.2 Å². The van der Waals surface area contributed by atoms with Crippen LogP contribution in [0.3, 0.4) is 0 Å². The average molecular weight is 657 g/mol. The van der Waals surface area contributed by atoms with E-state index in [0.717, 1.165) is 23.0 Å². The van der Waals surface area contributed by atoms with Crippen molar-refractivity contribution in [2.75, 3.05) is 0 Å². The SMILES string of the molecule is CCCCCC1CCC(c2ccc(COOC(CC(=O)Oc3ccc(C4CCC(CCCCC)CC4)cc3)c3ccccc3)cc2)CC1.[HH].[HH]. The number of rotatable bonds is 18. The highest BCUT2D eigenvalue weighted by Crippen LogP contribution is 2.39. The van der Waals surface area contributed by atoms with Crippen LogP contribution in [0, 0.1) is 11.8 Å². The van der Waals surface area contributed by atoms with Gasteiger partial charge in [0.05, 0.1) is 6.42 Å². The first-order chi connectivity index (χ1) is 23.6. The molecule has 0 spiro atoms. The Morgan fingerprint density at radius 1 is 0.667 bits per heavy atom. The van der Waals surface area contributed by atoms with E-state index >= 15 is 0 Å². The van der Waals surface area contributed by atoms with E-state index in [4.69, 9.17) is 14.5 Å². The molecular weight excluding hydrogens is 592 g/mol. The summed E-state index contributed by atoms with van der Waals surface area (Å²) in [6.45, 7) is 4.89. The lowest BCUT2D eigenvalue weighted by atomic mass is 9.77. The minimum absolute atomic E-state index is 0. The molecule has 0 saturated heterocycles. The molecule has 264 valence electrons. The largest absolute Gasteiger partial charge is 0.426 e. The number of esters is 1. The number of benzene rings is 3. The topological polar surface area (TPSA) is 44.8 Å². The lowest BCUT2D eigenvalue weighted by Crippen LogP contribution is -2.16. The van der Waals surface area contributed by atoms with Crippen LogP contribution in [0.4, 0.5) is 0 Å². The highest BCUT2D eigenvalue weighted by atomic mass is 17.2. The van der Waals surface area contributed by atoms with E-state index in [9.17, 15) is 4.79 Å². The van der Waals surface area contributed by atoms with Crippen molar-refractivity contribution in [3.63, 3.8) is 0 Å². The number of hydrogen-bond acceptors (Lipinski definition) is 4. The summed E-state index contributed by atoms with van der Waals surface area (Å²) < 4.78 is 5.77. The third-order valence-corrected chi connectivity index (χ3v) is 11.1. The van der Waals surface area contributed by atoms with E-state index in [-0.39, 0.29) is 15.2 Å². The van der Waals surface area contributed by atoms with Crippen LogP contribution in [0.25, 0.3) is 0 Å². The molecule has 0 amide bonds. The van der Waals surface area contributed by atoms with Crippen LogP contribution in [0.15, 0.2) is 78.9 Å². The zero-order chi connectivity index (χ0) is 33.4. The van der Waals surface area contributed by atoms with Crippen molar-refractivity contribution in [1.29, 1.82) is 0 Å². The van der Waals surface area contributed by atoms with Crippen LogP contribution in [-0.4, -0.2) is 5.97 Å². The average Bonchev–Trinajstić information content (AvgIpc) is 3.13. The summed E-state index contributed by atoms with van der Waals surface area (Å²) in [7, 11) is 0. The maximum absolute atomic E-state index is 13.1. The molecule has 48 heavy (non-hydrogen) atoms. The Kier molecular flexibility index (Phi) is 15.1. The molecule has 3 aromatic rings. The molecule has 1 unspecified atom stereocenters. The van der Waals surface area contributed by atoms with Crippen LogP contribution in [-0.2, 0) is 21.2 Å². The van der Waals surface area contributed by atoms with Gasteiger partial charge in [-0.2, -0.15) is 0 Å². The fourth-order valence-electron chi connectivity index (χ4n) is 8.01. The normalized spacial score (nSPS) is 21.9. The zero-order valence-electron chi connectivity index (χ0n) is 29.8. The van der Waals surface area contributed by atoms with E-state index in [1.807, 2.05) is 42.5 Å². The van der Waals surface area contributed by atoms with Crippen molar-refractivity contribution >= 4 is 5.97 Å². The predicted molar refractivity (Wildman–Crippen MR) is 200 cm³/mol. The molecule has 2 saturated carbocycles. The summed E-state index contributed by atoms with van der Waals surface area (Å²) in [6, 6.07) is 26.8. The first kappa shape index (κ1) is 36.3. The van der Waals surface area contributed by atoms with Gasteiger partial charge in [-0.3, -0.25) is 4.79 Å². The monoisotopic (exact) mass is 656 g/mol. The Labute approximate surface area is 293 Å². The first-order valence-electron chi connectivity index (χ1n) is 19.3. The second-order valence-electron chi connectivity index (χ2n) is 14.7. The van der Waals surface area contributed by atoms with Gasteiger partial charge in [-0.25, -0.2) is 9.78 Å². The highest BCUT2D eigenvalue weighted by Gasteiger charge is 2.24. The molecule has 5 rings (SSSR count). The molecule has 0 aliphatic heterocycles. The Hall–Kier alpha value is -2.95. The molecule has 0 radical (unpaired) electrons. The van der Waals surface area contributed by atoms with Crippen molar-refractivity contribution in [3.05, 3.63) is 101 Å². The standard InChI is InChI=1S/C44H60O4.2H2/c1-3-5-8-12-34-16-22-37(23-17-34)39-26-20-36(21-27-39)33-46-48-43(41-14-10-7-11-15-41)32-44(45)47-42-30-28-40(29-31-42)38-24-18-35(19-25-38)13-9-6-4-2;;/h7,10-11,14-15,20-21,26-31,34-35,37-38,43H,3-6,8-9,12-13,16-19,22-25,32-33H2,1-2H3;2*1H. The second kappa shape index (κ2) is 19.9. The summed E-state index contributed by atoms with van der Waals surface area (Å²) in [5, 5.41) is 0. The minimum Gasteiger partial charge on any atom is -0.426 e. The van der Waals surface area contributed by atoms with Crippen LogP contribution in [0.5, 0.6) is 5.75 Å². The Morgan fingerprint density at radius 3 is 1.71 bits per heavy atom. The smallest absolute Gasteiger partial charge is 0.314 e. The molecule has 4 nitrogen and oxygen atoms in total. The number of ether oxygens (including phenoxy) is 1. The summed E-state index contributed by atoms with van der Waals surface area (Å²) in [5.41, 5.74) is 4.75. The number of carbonyl (C=O) groups is 1. The molecule has 4 heteroatoms. The van der Waals surface area contributed by atoms with E-state index < -0.39 is 6.10 Å². The van der Waals surface area contributed by atoms with E-state index in [1.165, 1.54) is 114 Å². The van der Waals surface area contributed by atoms with Gasteiger partial charge in [0.1, 0.15) is 18.5 Å². The van der Waals surface area contributed by atoms with Gasteiger partial charge in [0.2, 0.25) is 0 Å². The summed E-state index contributed by atoms with van der Waals surface area (Å²) >= 11 is 0. The van der Waals surface area contributed by atoms with Crippen molar-refractivity contribution < 1.29 is 22.2 Å². The van der Waals surface area contributed by atoms with Crippen LogP contribution in [0.1, 0.15) is 166 Å². The molecule has 2 aliphatic carbocycles. The van der Waals surface area contributed by atoms with Gasteiger partial charge in [0, 0.05) is 2.85 Å². The Morgan fingerprint density at radius 2 is 1.19 bits per heavy atom. The van der Waals surface area contributed by atoms with Gasteiger partial charge >= 0.3 is 5.97 Å². The lowest BCUT2D eigenvalue weighted by molar-refractivity contribution is -0.336. The fraction of sp³-hybridized carbons (Fsp3) is 0.568. The van der Waals surface area contributed by atoms with E-state index in [1.54, 1.807) is 0 Å². The zero-order valence-corrected chi connectivity index (χ0v) is 29.8. The van der Waals surface area contributed by atoms with Crippen LogP contribution >= 0.6 is 0 Å². The summed E-state index contributed by atoms with van der Waals surface area (Å²) in [6.07, 6.45) is 20.9. The van der Waals surface area contributed by atoms with Gasteiger partial charge in [-0.1, -0.05) is 132 Å². The molecule has 2 aliphatic rings. The van der Waals surface area contributed by atoms with Gasteiger partial charge in [0.25, 0.3) is 0 Å². The molecule has 2 fully saturated rings. The molecule has 1 atom stereocenters. The van der Waals surface area contributed by atoms with Gasteiger partial charge in [-0.05, 0) is 109 Å². The fourth-order valence-corrected chi connectivity index (χ4v) is 8.01. The predicted octanol–water partition coefficient (Wildman–Crippen LogP) is 13.1. The Bertz CT molecular complexity index is 1310. The molecule has 3 aromatic carbocycles. The number of unbranched alkanes of at least 4 members (excludes halogenated alkanes) is 4. The second-order valence-corrected chi connectivity index (χ2v) is 14.7. The first-order valence-corrected chi connectivity index (χ1v) is 19.3. The van der Waals surface area contributed by atoms with Crippen LogP contribution < -0.4 is 4.74 Å². The molecular formula is C44H64O4. The van der Waals surface area contributed by atoms with Gasteiger partial charge in [0.15, 0.2) is 0 Å². The number of hydrogen-bond donors (Lipinski definition) is 0. The lowest BCUT2D eigenvalue weighted by Gasteiger charge is -2.29. The quantitative estimate of drug-likeness (QED) is 0.0449. The van der Waals surface area contributed by atoms with Crippen LogP contribution in [0.2, 0.25) is 0 Å². The van der Waals surface area contributed by atoms with Crippen molar-refractivity contribution in [2.24, 2.45) is 11.8 Å². The molecule has 0 bridgehead atoms. The summed E-state index contributed by atoms with van der Waals surface area (Å²) in [4.78, 5) is 24.7. The Balaban J connectivity index is 0.00000338. The maximum Gasteiger partial charge on any atom is 0.314 e. The van der Waals surface area contributed by atoms with Crippen molar-refractivity contribution in [2.45, 2.75) is 148 Å². The van der Waals surface area contributed by atoms with E-state index in [0.29, 0.717) is 24.2 Å². The number of carbonyl (C=O) groups excluding carboxylic acids is 1. The van der Waals surface area contributed by atoms with Crippen molar-refractivity contribution in [1.82, 2.24) is 0 Å². The summed E-state index contributed by atoms with van der Waals surface area (Å²) in [5.74, 6) is 3.35. The third kappa shape index (κ3) is 11.6. The molecule has 0 heterocycles. The highest BCUT2D eigenvalue weighted by molar-refractivity contribution is 5.73. The van der Waals surface area contributed by atoms with Crippen molar-refractivity contribution in [3.8, 4) is 5.75 Å².